The van der Waals surface area contributed by atoms with Crippen molar-refractivity contribution >= 4 is 11.9 Å². The molecule has 1 unspecified atom stereocenters. The Labute approximate surface area is 69.6 Å². The molecule has 2 heteroatoms. The van der Waals surface area contributed by atoms with Crippen LogP contribution in [0.1, 0.15) is 46.5 Å². The smallest absolute Gasteiger partial charge is 0.0579 e. The van der Waals surface area contributed by atoms with Gasteiger partial charge in [0.25, 0.3) is 0 Å². The van der Waals surface area contributed by atoms with Gasteiger partial charge in [-0.1, -0.05) is 46.5 Å². The molecule has 0 bridgehead atoms. The molecule has 0 fully saturated rings. The summed E-state index contributed by atoms with van der Waals surface area (Å²) < 4.78 is 6.47. The molecule has 0 aliphatic rings. The summed E-state index contributed by atoms with van der Waals surface area (Å²) in [5.74, 6) is 0.954. The second-order valence-electron chi connectivity index (χ2n) is 2.66. The number of unbranched alkanes of at least 4 members (excludes halogenated alkanes) is 1. The average molecular weight is 167 g/mol. The van der Waals surface area contributed by atoms with E-state index >= 15 is 0 Å². The Morgan fingerprint density at radius 3 is 2.10 bits per heavy atom. The summed E-state index contributed by atoms with van der Waals surface area (Å²) in [6.07, 6.45) is 5.53. The molecule has 1 nitrogen and oxygen atoms in total. The van der Waals surface area contributed by atoms with Crippen LogP contribution in [0.5, 0.6) is 0 Å². The van der Waals surface area contributed by atoms with Crippen LogP contribution < -0.4 is 0 Å². The van der Waals surface area contributed by atoms with E-state index in [0.717, 1.165) is 5.92 Å². The van der Waals surface area contributed by atoms with Gasteiger partial charge in [-0.15, -0.1) is 0 Å². The van der Waals surface area contributed by atoms with Gasteiger partial charge in [-0.2, -0.15) is 0 Å². The molecule has 0 spiro atoms. The lowest BCUT2D eigenvalue weighted by molar-refractivity contribution is 0.492. The van der Waals surface area contributed by atoms with Crippen molar-refractivity contribution in [2.24, 2.45) is 5.92 Å². The third-order valence-electron chi connectivity index (χ3n) is 1.75. The molecule has 0 rings (SSSR count). The number of halogens is 1. The van der Waals surface area contributed by atoms with Crippen LogP contribution in [0.3, 0.4) is 0 Å². The Kier molecular flexibility index (Phi) is 15.4. The minimum atomic E-state index is 0.954. The van der Waals surface area contributed by atoms with Crippen molar-refractivity contribution in [3.05, 3.63) is 0 Å². The van der Waals surface area contributed by atoms with Gasteiger partial charge < -0.3 is 0 Å². The van der Waals surface area contributed by atoms with Crippen LogP contribution in [0, 0.1) is 5.92 Å². The third kappa shape index (κ3) is 11.1. The zero-order chi connectivity index (χ0) is 8.41. The maximum absolute atomic E-state index is 6.47. The zero-order valence-corrected chi connectivity index (χ0v) is 7.99. The van der Waals surface area contributed by atoms with E-state index in [9.17, 15) is 0 Å². The molecule has 0 aliphatic carbocycles. The fourth-order valence-corrected chi connectivity index (χ4v) is 0.757. The topological polar surface area (TPSA) is 20.2 Å². The van der Waals surface area contributed by atoms with Crippen molar-refractivity contribution in [2.45, 2.75) is 46.5 Å². The molecule has 0 heterocycles. The largest absolute Gasteiger partial charge is 0.295 e. The molecule has 1 N–H and O–H groups in total. The van der Waals surface area contributed by atoms with Gasteiger partial charge >= 0.3 is 0 Å². The predicted octanol–water partition coefficient (Wildman–Crippen LogP) is 3.36. The molecule has 0 amide bonds. The lowest BCUT2D eigenvalue weighted by Crippen LogP contribution is -1.89. The maximum atomic E-state index is 6.47. The predicted molar refractivity (Wildman–Crippen MR) is 47.1 cm³/mol. The Balaban J connectivity index is 0. The highest BCUT2D eigenvalue weighted by Crippen LogP contribution is 2.09. The molecule has 0 aromatic carbocycles. The Morgan fingerprint density at radius 1 is 1.30 bits per heavy atom. The first-order valence-corrected chi connectivity index (χ1v) is 4.32. The number of rotatable bonds is 4. The quantitative estimate of drug-likeness (QED) is 0.679. The van der Waals surface area contributed by atoms with Crippen LogP contribution in [0.25, 0.3) is 0 Å². The number of hydrogen-bond donors (Lipinski definition) is 1. The normalized spacial score (nSPS) is 11.7. The number of hydrogen-bond acceptors (Lipinski definition) is 1. The first kappa shape index (κ1) is 12.9. The standard InChI is InChI=1S/C8H18.ClHO/c1-4-6-7-8(3)5-2;1-2/h8H,4-7H2,1-3H3;2H. The second-order valence-corrected chi connectivity index (χ2v) is 2.66. The van der Waals surface area contributed by atoms with E-state index in [1.54, 1.807) is 0 Å². The monoisotopic (exact) mass is 166 g/mol. The fourth-order valence-electron chi connectivity index (χ4n) is 0.757. The van der Waals surface area contributed by atoms with Crippen LogP contribution in [-0.4, -0.2) is 4.66 Å². The Morgan fingerprint density at radius 2 is 1.80 bits per heavy atom. The van der Waals surface area contributed by atoms with Crippen molar-refractivity contribution in [3.8, 4) is 0 Å². The van der Waals surface area contributed by atoms with E-state index in [-0.39, 0.29) is 0 Å². The molecular weight excluding hydrogens is 148 g/mol. The summed E-state index contributed by atoms with van der Waals surface area (Å²) in [6, 6.07) is 0. The first-order chi connectivity index (χ1) is 4.81. The molecule has 0 aromatic rings. The molecule has 0 radical (unpaired) electrons. The van der Waals surface area contributed by atoms with Crippen LogP contribution >= 0.6 is 11.9 Å². The molecule has 0 aromatic heterocycles. The van der Waals surface area contributed by atoms with Gasteiger partial charge in [-0.25, -0.2) is 0 Å². The summed E-state index contributed by atoms with van der Waals surface area (Å²) in [5, 5.41) is 0. The van der Waals surface area contributed by atoms with Crippen molar-refractivity contribution in [3.63, 3.8) is 0 Å². The van der Waals surface area contributed by atoms with Crippen LogP contribution in [0.15, 0.2) is 0 Å². The lowest BCUT2D eigenvalue weighted by atomic mass is 10.0. The Hall–Kier alpha value is 0.250. The maximum Gasteiger partial charge on any atom is 0.0579 e. The highest BCUT2D eigenvalue weighted by molar-refractivity contribution is 6.04. The minimum Gasteiger partial charge on any atom is -0.295 e. The first-order valence-electron chi connectivity index (χ1n) is 3.98. The van der Waals surface area contributed by atoms with E-state index in [2.05, 4.69) is 32.6 Å². The summed E-state index contributed by atoms with van der Waals surface area (Å²) in [7, 11) is 0. The molecule has 64 valence electrons. The van der Waals surface area contributed by atoms with Gasteiger partial charge in [-0.05, 0) is 5.92 Å². The van der Waals surface area contributed by atoms with Gasteiger partial charge in [0.05, 0.1) is 11.9 Å². The second kappa shape index (κ2) is 12.0. The van der Waals surface area contributed by atoms with Crippen molar-refractivity contribution in [1.82, 2.24) is 0 Å². The Bertz CT molecular complexity index is 48.5. The van der Waals surface area contributed by atoms with Crippen molar-refractivity contribution < 1.29 is 4.66 Å². The molecule has 0 saturated carbocycles. The highest BCUT2D eigenvalue weighted by Gasteiger charge is 1.94. The van der Waals surface area contributed by atoms with Crippen LogP contribution in [-0.2, 0) is 0 Å². The average Bonchev–Trinajstić information content (AvgIpc) is 2.04. The summed E-state index contributed by atoms with van der Waals surface area (Å²) in [5.41, 5.74) is 0. The molecule has 0 saturated heterocycles. The van der Waals surface area contributed by atoms with Gasteiger partial charge in [0.1, 0.15) is 0 Å². The highest BCUT2D eigenvalue weighted by atomic mass is 35.5. The lowest BCUT2D eigenvalue weighted by Gasteiger charge is -2.04. The fraction of sp³-hybridized carbons (Fsp3) is 1.00. The third-order valence-corrected chi connectivity index (χ3v) is 1.75. The van der Waals surface area contributed by atoms with E-state index < -0.39 is 0 Å². The molecule has 1 atom stereocenters. The molecular formula is C8H19ClO. The van der Waals surface area contributed by atoms with Crippen LogP contribution in [0.4, 0.5) is 0 Å². The zero-order valence-electron chi connectivity index (χ0n) is 7.23. The van der Waals surface area contributed by atoms with Crippen molar-refractivity contribution in [2.75, 3.05) is 0 Å². The van der Waals surface area contributed by atoms with Gasteiger partial charge in [0.2, 0.25) is 0 Å². The minimum absolute atomic E-state index is 0.954. The van der Waals surface area contributed by atoms with E-state index in [4.69, 9.17) is 4.66 Å². The summed E-state index contributed by atoms with van der Waals surface area (Å²) >= 11 is 3.64. The van der Waals surface area contributed by atoms with Gasteiger partial charge in [-0.3, -0.25) is 4.66 Å². The SMILES string of the molecule is CCCCC(C)CC.OCl. The van der Waals surface area contributed by atoms with Crippen LogP contribution in [0.2, 0.25) is 0 Å². The molecule has 10 heavy (non-hydrogen) atoms. The van der Waals surface area contributed by atoms with Gasteiger partial charge in [0.15, 0.2) is 0 Å². The van der Waals surface area contributed by atoms with Crippen molar-refractivity contribution in [1.29, 1.82) is 0 Å². The summed E-state index contributed by atoms with van der Waals surface area (Å²) in [6.45, 7) is 6.85. The molecule has 0 aliphatic heterocycles. The van der Waals surface area contributed by atoms with E-state index in [1.165, 1.54) is 25.7 Å². The van der Waals surface area contributed by atoms with E-state index in [1.807, 2.05) is 0 Å². The van der Waals surface area contributed by atoms with Gasteiger partial charge in [0, 0.05) is 0 Å². The van der Waals surface area contributed by atoms with E-state index in [0.29, 0.717) is 0 Å². The summed E-state index contributed by atoms with van der Waals surface area (Å²) in [4.78, 5) is 0.